The Balaban J connectivity index is 0.000000156. The summed E-state index contributed by atoms with van der Waals surface area (Å²) in [6.45, 7) is 0.507. The number of rotatable bonds is 2. The van der Waals surface area contributed by atoms with Crippen molar-refractivity contribution in [2.24, 2.45) is 0 Å². The summed E-state index contributed by atoms with van der Waals surface area (Å²) in [5.74, 6) is 0. The van der Waals surface area contributed by atoms with Gasteiger partial charge in [-0.1, -0.05) is 66.7 Å². The van der Waals surface area contributed by atoms with Gasteiger partial charge in [0.2, 0.25) is 0 Å². The molecule has 0 spiro atoms. The van der Waals surface area contributed by atoms with Crippen molar-refractivity contribution in [3.63, 3.8) is 0 Å². The van der Waals surface area contributed by atoms with Crippen LogP contribution in [0, 0.1) is 22.7 Å². The molecule has 0 aliphatic carbocycles. The van der Waals surface area contributed by atoms with Crippen molar-refractivity contribution in [2.75, 3.05) is 0 Å². The first-order valence-electron chi connectivity index (χ1n) is 13.0. The second-order valence-electron chi connectivity index (χ2n) is 9.64. The largest absolute Gasteiger partial charge is 0.321 e. The van der Waals surface area contributed by atoms with E-state index in [4.69, 9.17) is 5.26 Å². The van der Waals surface area contributed by atoms with Gasteiger partial charge in [0.15, 0.2) is 0 Å². The molecule has 0 aliphatic heterocycles. The number of hydrogen-bond acceptors (Lipinski definition) is 4. The van der Waals surface area contributed by atoms with Crippen LogP contribution in [-0.2, 0) is 6.54 Å². The molecule has 1 N–H and O–H groups in total. The molecular formula is C35H22N4O2. The molecule has 0 radical (unpaired) electrons. The zero-order valence-electron chi connectivity index (χ0n) is 21.8. The number of pyridine rings is 2. The smallest absolute Gasteiger partial charge is 0.259 e. The molecule has 0 unspecified atom stereocenters. The summed E-state index contributed by atoms with van der Waals surface area (Å²) in [6.07, 6.45) is 0. The first kappa shape index (κ1) is 25.3. The maximum absolute atomic E-state index is 13.0. The van der Waals surface area contributed by atoms with Crippen LogP contribution in [0.4, 0.5) is 0 Å². The molecule has 41 heavy (non-hydrogen) atoms. The maximum atomic E-state index is 13.0. The van der Waals surface area contributed by atoms with Crippen molar-refractivity contribution in [2.45, 2.75) is 6.54 Å². The highest BCUT2D eigenvalue weighted by molar-refractivity contribution is 6.06. The number of benzene rings is 5. The molecule has 0 amide bonds. The Bertz CT molecular complexity index is 2300. The Morgan fingerprint density at radius 2 is 1.15 bits per heavy atom. The molecule has 0 atom stereocenters. The van der Waals surface area contributed by atoms with Crippen LogP contribution in [0.15, 0.2) is 125 Å². The van der Waals surface area contributed by atoms with E-state index in [0.717, 1.165) is 38.1 Å². The number of fused-ring (bicyclic) bond motifs is 6. The molecule has 2 aromatic heterocycles. The van der Waals surface area contributed by atoms with Gasteiger partial charge in [-0.05, 0) is 64.9 Å². The predicted molar refractivity (Wildman–Crippen MR) is 163 cm³/mol. The predicted octanol–water partition coefficient (Wildman–Crippen LogP) is 6.63. The third-order valence-electron chi connectivity index (χ3n) is 7.15. The Labute approximate surface area is 234 Å². The summed E-state index contributed by atoms with van der Waals surface area (Å²) in [4.78, 5) is 27.6. The highest BCUT2D eigenvalue weighted by atomic mass is 16.1. The monoisotopic (exact) mass is 530 g/mol. The van der Waals surface area contributed by atoms with E-state index in [1.807, 2.05) is 84.9 Å². The molecule has 0 aliphatic rings. The molecule has 7 rings (SSSR count). The highest BCUT2D eigenvalue weighted by Crippen LogP contribution is 2.25. The van der Waals surface area contributed by atoms with Crippen molar-refractivity contribution in [1.29, 1.82) is 10.5 Å². The molecule has 7 aromatic rings. The van der Waals surface area contributed by atoms with Gasteiger partial charge in [0.25, 0.3) is 11.1 Å². The van der Waals surface area contributed by atoms with Crippen LogP contribution in [0.1, 0.15) is 16.7 Å². The number of nitriles is 2. The zero-order chi connectivity index (χ0) is 28.3. The Morgan fingerprint density at radius 1 is 0.585 bits per heavy atom. The fourth-order valence-corrected chi connectivity index (χ4v) is 5.19. The molecule has 5 aromatic carbocycles. The van der Waals surface area contributed by atoms with Gasteiger partial charge in [-0.15, -0.1) is 0 Å². The van der Waals surface area contributed by atoms with Gasteiger partial charge in [-0.3, -0.25) is 9.59 Å². The van der Waals surface area contributed by atoms with Crippen LogP contribution in [0.25, 0.3) is 43.4 Å². The van der Waals surface area contributed by atoms with Gasteiger partial charge >= 0.3 is 0 Å². The van der Waals surface area contributed by atoms with E-state index in [-0.39, 0.29) is 11.1 Å². The van der Waals surface area contributed by atoms with E-state index < -0.39 is 0 Å². The van der Waals surface area contributed by atoms with E-state index in [9.17, 15) is 14.9 Å². The van der Waals surface area contributed by atoms with Gasteiger partial charge < -0.3 is 9.55 Å². The lowest BCUT2D eigenvalue weighted by atomic mass is 10.0. The number of hydrogen-bond donors (Lipinski definition) is 1. The molecule has 0 saturated carbocycles. The summed E-state index contributed by atoms with van der Waals surface area (Å²) in [5.41, 5.74) is 3.76. The van der Waals surface area contributed by atoms with Gasteiger partial charge in [0, 0.05) is 27.1 Å². The van der Waals surface area contributed by atoms with Crippen molar-refractivity contribution in [1.82, 2.24) is 9.55 Å². The lowest BCUT2D eigenvalue weighted by molar-refractivity contribution is 0.802. The Morgan fingerprint density at radius 3 is 1.83 bits per heavy atom. The molecule has 0 bridgehead atoms. The van der Waals surface area contributed by atoms with Gasteiger partial charge in [0.1, 0.15) is 0 Å². The molecule has 194 valence electrons. The third-order valence-corrected chi connectivity index (χ3v) is 7.15. The average molecular weight is 531 g/mol. The number of aromatic nitrogens is 2. The minimum atomic E-state index is -0.0993. The molecule has 6 nitrogen and oxygen atoms in total. The molecule has 6 heteroatoms. The first-order valence-corrected chi connectivity index (χ1v) is 13.0. The van der Waals surface area contributed by atoms with Gasteiger partial charge in [0.05, 0.1) is 35.3 Å². The summed E-state index contributed by atoms with van der Waals surface area (Å²) in [7, 11) is 0. The summed E-state index contributed by atoms with van der Waals surface area (Å²) in [6, 6.07) is 39.9. The number of nitrogens with one attached hydrogen (secondary N) is 1. The average Bonchev–Trinajstić information content (AvgIpc) is 3.03. The number of aromatic amines is 1. The van der Waals surface area contributed by atoms with Crippen LogP contribution in [0.2, 0.25) is 0 Å². The Hall–Kier alpha value is -5.98. The van der Waals surface area contributed by atoms with Crippen LogP contribution in [0.5, 0.6) is 0 Å². The lowest BCUT2D eigenvalue weighted by Gasteiger charge is -2.13. The SMILES string of the molecule is N#Cc1ccc2[nH]c(=O)c3ccccc3c2c1.N#Cc1ccc2c(c1)c1ccccc1c(=O)n2Cc1ccccc1. The van der Waals surface area contributed by atoms with Crippen molar-refractivity contribution >= 4 is 43.4 Å². The standard InChI is InChI=1S/C21H14N2O.C14H8N2O/c22-13-16-10-11-20-19(12-16)17-8-4-5-9-18(17)21(24)23(20)14-15-6-2-1-3-7-15;15-8-9-5-6-13-12(7-9)10-3-1-2-4-11(10)14(17)16-13/h1-12H,14H2;1-7H,(H,16,17). The molecular weight excluding hydrogens is 508 g/mol. The van der Waals surface area contributed by atoms with Gasteiger partial charge in [-0.25, -0.2) is 0 Å². The highest BCUT2D eigenvalue weighted by Gasteiger charge is 2.11. The minimum absolute atomic E-state index is 0.00772. The van der Waals surface area contributed by atoms with E-state index >= 15 is 0 Å². The van der Waals surface area contributed by atoms with E-state index in [1.165, 1.54) is 0 Å². The first-order chi connectivity index (χ1) is 20.1. The third kappa shape index (κ3) is 4.71. The summed E-state index contributed by atoms with van der Waals surface area (Å²) < 4.78 is 1.79. The van der Waals surface area contributed by atoms with E-state index in [1.54, 1.807) is 34.9 Å². The molecule has 0 saturated heterocycles. The summed E-state index contributed by atoms with van der Waals surface area (Å²) >= 11 is 0. The normalized spacial score (nSPS) is 10.7. The maximum Gasteiger partial charge on any atom is 0.259 e. The topological polar surface area (TPSA) is 102 Å². The number of nitrogens with zero attached hydrogens (tertiary/aromatic N) is 3. The molecule has 0 fully saturated rings. The fraction of sp³-hybridized carbons (Fsp3) is 0.0286. The quantitative estimate of drug-likeness (QED) is 0.254. The molecule has 2 heterocycles. The minimum Gasteiger partial charge on any atom is -0.321 e. The van der Waals surface area contributed by atoms with Crippen molar-refractivity contribution < 1.29 is 0 Å². The lowest BCUT2D eigenvalue weighted by Crippen LogP contribution is -2.21. The van der Waals surface area contributed by atoms with Crippen LogP contribution in [0.3, 0.4) is 0 Å². The Kier molecular flexibility index (Phi) is 6.57. The van der Waals surface area contributed by atoms with Crippen LogP contribution < -0.4 is 11.1 Å². The van der Waals surface area contributed by atoms with E-state index in [0.29, 0.717) is 28.4 Å². The van der Waals surface area contributed by atoms with Crippen LogP contribution in [-0.4, -0.2) is 9.55 Å². The second-order valence-corrected chi connectivity index (χ2v) is 9.64. The summed E-state index contributed by atoms with van der Waals surface area (Å²) in [5, 5.41) is 23.0. The van der Waals surface area contributed by atoms with Crippen molar-refractivity contribution in [3.05, 3.63) is 153 Å². The fourth-order valence-electron chi connectivity index (χ4n) is 5.19. The number of H-pyrrole nitrogens is 1. The second kappa shape index (κ2) is 10.6. The van der Waals surface area contributed by atoms with E-state index in [2.05, 4.69) is 17.1 Å². The zero-order valence-corrected chi connectivity index (χ0v) is 21.8. The van der Waals surface area contributed by atoms with Crippen molar-refractivity contribution in [3.8, 4) is 12.1 Å². The van der Waals surface area contributed by atoms with Gasteiger partial charge in [-0.2, -0.15) is 10.5 Å². The van der Waals surface area contributed by atoms with Crippen LogP contribution >= 0.6 is 0 Å².